The zero-order valence-electron chi connectivity index (χ0n) is 6.00. The van der Waals surface area contributed by atoms with Crippen LogP contribution in [0.5, 0.6) is 0 Å². The maximum atomic E-state index is 10.2. The predicted molar refractivity (Wildman–Crippen MR) is 40.0 cm³/mol. The fourth-order valence-electron chi connectivity index (χ4n) is 0.876. The van der Waals surface area contributed by atoms with Crippen LogP contribution < -0.4 is 5.73 Å². The van der Waals surface area contributed by atoms with E-state index >= 15 is 0 Å². The summed E-state index contributed by atoms with van der Waals surface area (Å²) in [4.78, 5) is 13.1. The minimum Gasteiger partial charge on any atom is -0.481 e. The number of nitrogens with one attached hydrogen (secondary N) is 1. The summed E-state index contributed by atoms with van der Waals surface area (Å²) in [6.07, 6.45) is 0.0278. The molecule has 0 fully saturated rings. The molecular formula is C7H10N2O2. The van der Waals surface area contributed by atoms with Crippen molar-refractivity contribution >= 4 is 5.97 Å². The highest BCUT2D eigenvalue weighted by atomic mass is 16.4. The Balaban J connectivity index is 2.65. The van der Waals surface area contributed by atoms with Gasteiger partial charge in [0.05, 0.1) is 6.42 Å². The zero-order valence-corrected chi connectivity index (χ0v) is 6.00. The van der Waals surface area contributed by atoms with Gasteiger partial charge >= 0.3 is 5.97 Å². The lowest BCUT2D eigenvalue weighted by Gasteiger charge is -1.90. The third kappa shape index (κ3) is 2.09. The molecule has 60 valence electrons. The molecule has 0 spiro atoms. The number of H-pyrrole nitrogens is 1. The summed E-state index contributed by atoms with van der Waals surface area (Å²) in [5.74, 6) is -0.838. The molecule has 0 amide bonds. The highest BCUT2D eigenvalue weighted by Gasteiger charge is 2.01. The van der Waals surface area contributed by atoms with Crippen molar-refractivity contribution in [3.05, 3.63) is 23.5 Å². The van der Waals surface area contributed by atoms with Crippen LogP contribution >= 0.6 is 0 Å². The molecule has 0 aliphatic rings. The molecule has 0 unspecified atom stereocenters. The molecule has 1 rings (SSSR count). The van der Waals surface area contributed by atoms with Gasteiger partial charge in [-0.3, -0.25) is 4.79 Å². The number of hydrogen-bond acceptors (Lipinski definition) is 2. The van der Waals surface area contributed by atoms with Crippen molar-refractivity contribution in [3.8, 4) is 0 Å². The van der Waals surface area contributed by atoms with E-state index in [-0.39, 0.29) is 6.42 Å². The standard InChI is InChI=1S/C7H10N2O2/c8-4-6-2-1-5(9-6)3-7(10)11/h1-2,9H,3-4,8H2,(H,10,11). The van der Waals surface area contributed by atoms with Gasteiger partial charge in [-0.05, 0) is 12.1 Å². The van der Waals surface area contributed by atoms with Crippen LogP contribution in [0.2, 0.25) is 0 Å². The SMILES string of the molecule is NCc1ccc(CC(=O)O)[nH]1. The van der Waals surface area contributed by atoms with E-state index in [1.165, 1.54) is 0 Å². The monoisotopic (exact) mass is 154 g/mol. The van der Waals surface area contributed by atoms with E-state index in [1.807, 2.05) is 0 Å². The van der Waals surface area contributed by atoms with Gasteiger partial charge in [-0.2, -0.15) is 0 Å². The number of carbonyl (C=O) groups is 1. The summed E-state index contributed by atoms with van der Waals surface area (Å²) < 4.78 is 0. The zero-order chi connectivity index (χ0) is 8.27. The van der Waals surface area contributed by atoms with Crippen LogP contribution in [0.3, 0.4) is 0 Å². The Morgan fingerprint density at radius 2 is 2.18 bits per heavy atom. The second kappa shape index (κ2) is 3.21. The molecule has 0 aliphatic heterocycles. The first-order chi connectivity index (χ1) is 5.22. The largest absolute Gasteiger partial charge is 0.481 e. The number of carboxylic acid groups (broad SMARTS) is 1. The number of aromatic nitrogens is 1. The van der Waals surface area contributed by atoms with Crippen LogP contribution in [0.1, 0.15) is 11.4 Å². The summed E-state index contributed by atoms with van der Waals surface area (Å²) in [6, 6.07) is 3.52. The molecular weight excluding hydrogens is 144 g/mol. The number of hydrogen-bond donors (Lipinski definition) is 3. The molecule has 4 nitrogen and oxygen atoms in total. The van der Waals surface area contributed by atoms with Crippen LogP contribution in [0, 0.1) is 0 Å². The van der Waals surface area contributed by atoms with Crippen molar-refractivity contribution in [1.29, 1.82) is 0 Å². The molecule has 11 heavy (non-hydrogen) atoms. The van der Waals surface area contributed by atoms with E-state index in [1.54, 1.807) is 12.1 Å². The molecule has 1 heterocycles. The normalized spacial score (nSPS) is 9.91. The molecule has 0 bridgehead atoms. The van der Waals surface area contributed by atoms with E-state index < -0.39 is 5.97 Å². The first-order valence-corrected chi connectivity index (χ1v) is 3.31. The smallest absolute Gasteiger partial charge is 0.309 e. The topological polar surface area (TPSA) is 79.1 Å². The van der Waals surface area contributed by atoms with Crippen LogP contribution in [0.4, 0.5) is 0 Å². The van der Waals surface area contributed by atoms with E-state index in [4.69, 9.17) is 10.8 Å². The van der Waals surface area contributed by atoms with Crippen LogP contribution in [-0.4, -0.2) is 16.1 Å². The highest BCUT2D eigenvalue weighted by Crippen LogP contribution is 2.01. The van der Waals surface area contributed by atoms with Gasteiger partial charge in [-0.25, -0.2) is 0 Å². The second-order valence-electron chi connectivity index (χ2n) is 2.28. The van der Waals surface area contributed by atoms with Crippen LogP contribution in [-0.2, 0) is 17.8 Å². The summed E-state index contributed by atoms with van der Waals surface area (Å²) in [5, 5.41) is 8.40. The first-order valence-electron chi connectivity index (χ1n) is 3.31. The van der Waals surface area contributed by atoms with Gasteiger partial charge in [-0.15, -0.1) is 0 Å². The Morgan fingerprint density at radius 1 is 1.55 bits per heavy atom. The Labute approximate surface area is 64.0 Å². The summed E-state index contributed by atoms with van der Waals surface area (Å²) in [6.45, 7) is 0.416. The maximum absolute atomic E-state index is 10.2. The average Bonchev–Trinajstić information content (AvgIpc) is 2.34. The van der Waals surface area contributed by atoms with Crippen molar-refractivity contribution < 1.29 is 9.90 Å². The Bertz CT molecular complexity index is 255. The van der Waals surface area contributed by atoms with Gasteiger partial charge in [0.1, 0.15) is 0 Å². The van der Waals surface area contributed by atoms with Crippen molar-refractivity contribution in [1.82, 2.24) is 4.98 Å². The molecule has 0 saturated heterocycles. The minimum atomic E-state index is -0.838. The summed E-state index contributed by atoms with van der Waals surface area (Å²) >= 11 is 0. The van der Waals surface area contributed by atoms with Gasteiger partial charge in [0.25, 0.3) is 0 Å². The Kier molecular flexibility index (Phi) is 2.28. The molecule has 4 N–H and O–H groups in total. The van der Waals surface area contributed by atoms with E-state index in [0.717, 1.165) is 5.69 Å². The number of nitrogens with two attached hydrogens (primary N) is 1. The summed E-state index contributed by atoms with van der Waals surface area (Å²) in [7, 11) is 0. The van der Waals surface area contributed by atoms with E-state index in [0.29, 0.717) is 12.2 Å². The van der Waals surface area contributed by atoms with Crippen molar-refractivity contribution in [2.75, 3.05) is 0 Å². The lowest BCUT2D eigenvalue weighted by molar-refractivity contribution is -0.136. The number of rotatable bonds is 3. The minimum absolute atomic E-state index is 0.0278. The maximum Gasteiger partial charge on any atom is 0.309 e. The number of aromatic amines is 1. The van der Waals surface area contributed by atoms with Crippen LogP contribution in [0.15, 0.2) is 12.1 Å². The molecule has 0 aromatic carbocycles. The third-order valence-corrected chi connectivity index (χ3v) is 1.37. The molecule has 1 aromatic rings. The van der Waals surface area contributed by atoms with Crippen molar-refractivity contribution in [3.63, 3.8) is 0 Å². The fourth-order valence-corrected chi connectivity index (χ4v) is 0.876. The van der Waals surface area contributed by atoms with Gasteiger partial charge in [0, 0.05) is 17.9 Å². The summed E-state index contributed by atoms with van der Waals surface area (Å²) in [5.41, 5.74) is 6.87. The van der Waals surface area contributed by atoms with Crippen molar-refractivity contribution in [2.45, 2.75) is 13.0 Å². The fraction of sp³-hybridized carbons (Fsp3) is 0.286. The lowest BCUT2D eigenvalue weighted by atomic mass is 10.3. The van der Waals surface area contributed by atoms with Crippen molar-refractivity contribution in [2.24, 2.45) is 5.73 Å². The molecule has 0 aliphatic carbocycles. The number of carboxylic acids is 1. The highest BCUT2D eigenvalue weighted by molar-refractivity contribution is 5.69. The Morgan fingerprint density at radius 3 is 2.64 bits per heavy atom. The number of aliphatic carboxylic acids is 1. The van der Waals surface area contributed by atoms with Gasteiger partial charge in [-0.1, -0.05) is 0 Å². The average molecular weight is 154 g/mol. The van der Waals surface area contributed by atoms with Gasteiger partial charge < -0.3 is 15.8 Å². The van der Waals surface area contributed by atoms with Gasteiger partial charge in [0.2, 0.25) is 0 Å². The molecule has 0 atom stereocenters. The molecule has 0 radical (unpaired) electrons. The van der Waals surface area contributed by atoms with E-state index in [2.05, 4.69) is 4.98 Å². The molecule has 0 saturated carbocycles. The molecule has 1 aromatic heterocycles. The second-order valence-corrected chi connectivity index (χ2v) is 2.28. The van der Waals surface area contributed by atoms with Crippen LogP contribution in [0.25, 0.3) is 0 Å². The van der Waals surface area contributed by atoms with E-state index in [9.17, 15) is 4.79 Å². The van der Waals surface area contributed by atoms with Gasteiger partial charge in [0.15, 0.2) is 0 Å². The molecule has 4 heteroatoms. The predicted octanol–water partition coefficient (Wildman–Crippen LogP) is 0.100. The Hall–Kier alpha value is -1.29. The first kappa shape index (κ1) is 7.81. The quantitative estimate of drug-likeness (QED) is 0.577. The lowest BCUT2D eigenvalue weighted by Crippen LogP contribution is -2.01. The third-order valence-electron chi connectivity index (χ3n) is 1.37.